The molecular formula is C22H25N3O5S. The lowest BCUT2D eigenvalue weighted by molar-refractivity contribution is -0.123. The van der Waals surface area contributed by atoms with E-state index in [1.54, 1.807) is 48.5 Å². The van der Waals surface area contributed by atoms with E-state index in [-0.39, 0.29) is 18.4 Å². The Labute approximate surface area is 182 Å². The number of amides is 1. The maximum atomic E-state index is 12.7. The fourth-order valence-electron chi connectivity index (χ4n) is 3.40. The van der Waals surface area contributed by atoms with Crippen molar-refractivity contribution in [2.75, 3.05) is 33.4 Å². The minimum atomic E-state index is -3.47. The molecule has 2 aromatic rings. The van der Waals surface area contributed by atoms with Crippen LogP contribution >= 0.6 is 0 Å². The number of methoxy groups -OCH3 is 1. The summed E-state index contributed by atoms with van der Waals surface area (Å²) >= 11 is 0. The predicted octanol–water partition coefficient (Wildman–Crippen LogP) is 2.16. The number of nitriles is 1. The number of benzene rings is 2. The third-order valence-electron chi connectivity index (χ3n) is 5.19. The van der Waals surface area contributed by atoms with Gasteiger partial charge in [0.05, 0.1) is 23.6 Å². The molecule has 1 fully saturated rings. The molecule has 0 unspecified atom stereocenters. The summed E-state index contributed by atoms with van der Waals surface area (Å²) in [6.45, 7) is 1.14. The highest BCUT2D eigenvalue weighted by atomic mass is 32.2. The number of nitrogens with one attached hydrogen (secondary N) is 1. The molecule has 0 aliphatic carbocycles. The maximum absolute atomic E-state index is 12.7. The lowest BCUT2D eigenvalue weighted by Gasteiger charge is -2.31. The average molecular weight is 444 g/mol. The van der Waals surface area contributed by atoms with Crippen molar-refractivity contribution < 1.29 is 22.7 Å². The standard InChI is InChI=1S/C22H25N3O5S/c1-29-21-13-18(14-23)7-8-20(21)30-16-22(26)24-15-17-9-11-25(12-10-17)31(27,28)19-5-3-2-4-6-19/h2-8,13,17H,9-12,15-16H2,1H3,(H,24,26). The summed E-state index contributed by atoms with van der Waals surface area (Å²) in [4.78, 5) is 12.5. The number of carbonyl (C=O) groups is 1. The van der Waals surface area contributed by atoms with Gasteiger partial charge in [0.1, 0.15) is 0 Å². The van der Waals surface area contributed by atoms with E-state index < -0.39 is 10.0 Å². The Morgan fingerprint density at radius 3 is 2.52 bits per heavy atom. The van der Waals surface area contributed by atoms with Crippen molar-refractivity contribution in [3.8, 4) is 17.6 Å². The van der Waals surface area contributed by atoms with Gasteiger partial charge in [-0.1, -0.05) is 18.2 Å². The maximum Gasteiger partial charge on any atom is 0.257 e. The highest BCUT2D eigenvalue weighted by Gasteiger charge is 2.29. The van der Waals surface area contributed by atoms with Gasteiger partial charge in [0.25, 0.3) is 5.91 Å². The van der Waals surface area contributed by atoms with Gasteiger partial charge in [-0.3, -0.25) is 4.79 Å². The molecule has 1 aliphatic rings. The summed E-state index contributed by atoms with van der Waals surface area (Å²) in [6, 6.07) is 15.2. The van der Waals surface area contributed by atoms with Crippen molar-refractivity contribution in [1.82, 2.24) is 9.62 Å². The van der Waals surface area contributed by atoms with Gasteiger partial charge >= 0.3 is 0 Å². The molecule has 9 heteroatoms. The molecule has 31 heavy (non-hydrogen) atoms. The first-order valence-electron chi connectivity index (χ1n) is 9.97. The first kappa shape index (κ1) is 22.6. The van der Waals surface area contributed by atoms with E-state index in [9.17, 15) is 13.2 Å². The molecule has 1 amide bonds. The summed E-state index contributed by atoms with van der Waals surface area (Å²) < 4.78 is 37.6. The van der Waals surface area contributed by atoms with Crippen LogP contribution in [-0.4, -0.2) is 52.0 Å². The van der Waals surface area contributed by atoms with Gasteiger partial charge in [0.2, 0.25) is 10.0 Å². The molecule has 0 aromatic heterocycles. The Morgan fingerprint density at radius 1 is 1.16 bits per heavy atom. The predicted molar refractivity (Wildman–Crippen MR) is 114 cm³/mol. The largest absolute Gasteiger partial charge is 0.493 e. The van der Waals surface area contributed by atoms with Crippen LogP contribution in [0.25, 0.3) is 0 Å². The van der Waals surface area contributed by atoms with Crippen molar-refractivity contribution in [3.05, 3.63) is 54.1 Å². The normalized spacial score (nSPS) is 15.1. The molecular weight excluding hydrogens is 418 g/mol. The second-order valence-corrected chi connectivity index (χ2v) is 9.17. The quantitative estimate of drug-likeness (QED) is 0.670. The Hall–Kier alpha value is -3.09. The molecule has 3 rings (SSSR count). The zero-order chi connectivity index (χ0) is 22.3. The summed E-state index contributed by atoms with van der Waals surface area (Å²) in [5, 5.41) is 11.8. The minimum absolute atomic E-state index is 0.177. The zero-order valence-electron chi connectivity index (χ0n) is 17.3. The van der Waals surface area contributed by atoms with Crippen LogP contribution < -0.4 is 14.8 Å². The van der Waals surface area contributed by atoms with Gasteiger partial charge in [0, 0.05) is 25.7 Å². The number of ether oxygens (including phenoxy) is 2. The van der Waals surface area contributed by atoms with Gasteiger partial charge < -0.3 is 14.8 Å². The smallest absolute Gasteiger partial charge is 0.257 e. The Kier molecular flexibility index (Phi) is 7.50. The van der Waals surface area contributed by atoms with E-state index in [2.05, 4.69) is 5.32 Å². The zero-order valence-corrected chi connectivity index (χ0v) is 18.1. The lowest BCUT2D eigenvalue weighted by atomic mass is 9.98. The van der Waals surface area contributed by atoms with Crippen molar-refractivity contribution in [2.24, 2.45) is 5.92 Å². The molecule has 0 saturated carbocycles. The number of hydrogen-bond acceptors (Lipinski definition) is 6. The van der Waals surface area contributed by atoms with Crippen LogP contribution in [0.3, 0.4) is 0 Å². The molecule has 0 atom stereocenters. The lowest BCUT2D eigenvalue weighted by Crippen LogP contribution is -2.42. The fraction of sp³-hybridized carbons (Fsp3) is 0.364. The van der Waals surface area contributed by atoms with Gasteiger partial charge in [-0.25, -0.2) is 8.42 Å². The molecule has 164 valence electrons. The van der Waals surface area contributed by atoms with Gasteiger partial charge in [-0.05, 0) is 43.0 Å². The molecule has 0 radical (unpaired) electrons. The molecule has 0 spiro atoms. The SMILES string of the molecule is COc1cc(C#N)ccc1OCC(=O)NCC1CCN(S(=O)(=O)c2ccccc2)CC1. The first-order valence-corrected chi connectivity index (χ1v) is 11.4. The summed E-state index contributed by atoms with van der Waals surface area (Å²) in [6.07, 6.45) is 1.35. The van der Waals surface area contributed by atoms with E-state index in [1.807, 2.05) is 6.07 Å². The number of piperidine rings is 1. The number of sulfonamides is 1. The summed E-state index contributed by atoms with van der Waals surface area (Å²) in [5.74, 6) is 0.705. The number of nitrogens with zero attached hydrogens (tertiary/aromatic N) is 2. The van der Waals surface area contributed by atoms with E-state index in [0.29, 0.717) is 54.4 Å². The third kappa shape index (κ3) is 5.75. The highest BCUT2D eigenvalue weighted by Crippen LogP contribution is 2.28. The van der Waals surface area contributed by atoms with Gasteiger partial charge in [-0.2, -0.15) is 9.57 Å². The molecule has 1 aliphatic heterocycles. The molecule has 2 aromatic carbocycles. The summed E-state index contributed by atoms with van der Waals surface area (Å²) in [5.41, 5.74) is 0.439. The average Bonchev–Trinajstić information content (AvgIpc) is 2.82. The number of carbonyl (C=O) groups excluding carboxylic acids is 1. The highest BCUT2D eigenvalue weighted by molar-refractivity contribution is 7.89. The Morgan fingerprint density at radius 2 is 1.87 bits per heavy atom. The topological polar surface area (TPSA) is 109 Å². The van der Waals surface area contributed by atoms with Crippen LogP contribution in [0.5, 0.6) is 11.5 Å². The van der Waals surface area contributed by atoms with Crippen LogP contribution in [0.15, 0.2) is 53.4 Å². The molecule has 1 N–H and O–H groups in total. The number of rotatable bonds is 8. The Balaban J connectivity index is 1.44. The van der Waals surface area contributed by atoms with Crippen molar-refractivity contribution >= 4 is 15.9 Å². The second-order valence-electron chi connectivity index (χ2n) is 7.23. The van der Waals surface area contributed by atoms with Crippen LogP contribution in [0.2, 0.25) is 0 Å². The van der Waals surface area contributed by atoms with Gasteiger partial charge in [-0.15, -0.1) is 0 Å². The van der Waals surface area contributed by atoms with E-state index in [1.165, 1.54) is 11.4 Å². The molecule has 1 saturated heterocycles. The number of hydrogen-bond donors (Lipinski definition) is 1. The van der Waals surface area contributed by atoms with E-state index >= 15 is 0 Å². The summed E-state index contributed by atoms with van der Waals surface area (Å²) in [7, 11) is -2.01. The van der Waals surface area contributed by atoms with E-state index in [4.69, 9.17) is 14.7 Å². The third-order valence-corrected chi connectivity index (χ3v) is 7.11. The molecule has 8 nitrogen and oxygen atoms in total. The van der Waals surface area contributed by atoms with Crippen LogP contribution in [0.1, 0.15) is 18.4 Å². The Bertz CT molecular complexity index is 1040. The monoisotopic (exact) mass is 443 g/mol. The van der Waals surface area contributed by atoms with Crippen LogP contribution in [0.4, 0.5) is 0 Å². The van der Waals surface area contributed by atoms with Crippen LogP contribution in [-0.2, 0) is 14.8 Å². The molecule has 0 bridgehead atoms. The van der Waals surface area contributed by atoms with Gasteiger partial charge in [0.15, 0.2) is 18.1 Å². The van der Waals surface area contributed by atoms with Crippen LogP contribution in [0, 0.1) is 17.2 Å². The van der Waals surface area contributed by atoms with Crippen molar-refractivity contribution in [2.45, 2.75) is 17.7 Å². The second kappa shape index (κ2) is 10.3. The van der Waals surface area contributed by atoms with Crippen molar-refractivity contribution in [1.29, 1.82) is 5.26 Å². The molecule has 1 heterocycles. The fourth-order valence-corrected chi connectivity index (χ4v) is 4.89. The van der Waals surface area contributed by atoms with Crippen molar-refractivity contribution in [3.63, 3.8) is 0 Å². The van der Waals surface area contributed by atoms with E-state index in [0.717, 1.165) is 0 Å². The minimum Gasteiger partial charge on any atom is -0.493 e. The first-order chi connectivity index (χ1) is 14.9.